The molecule has 2 rings (SSSR count). The first-order valence-corrected chi connectivity index (χ1v) is 8.32. The molecule has 112 valence electrons. The number of primary sulfonamides is 1. The van der Waals surface area contributed by atoms with Gasteiger partial charge in [0.2, 0.25) is 10.0 Å². The van der Waals surface area contributed by atoms with Crippen molar-refractivity contribution in [2.75, 3.05) is 7.11 Å². The molecule has 21 heavy (non-hydrogen) atoms. The predicted octanol–water partition coefficient (Wildman–Crippen LogP) is 2.68. The number of methoxy groups -OCH3 is 1. The van der Waals surface area contributed by atoms with Gasteiger partial charge in [0.25, 0.3) is 0 Å². The molecule has 0 saturated heterocycles. The number of hydrogen-bond acceptors (Lipinski definition) is 4. The number of rotatable bonds is 5. The SMILES string of the molecule is COc1ccc(Br)cc1COc1ccc(S(N)(=O)=O)cc1. The maximum atomic E-state index is 11.2. The molecule has 5 nitrogen and oxygen atoms in total. The van der Waals surface area contributed by atoms with Gasteiger partial charge in [-0.3, -0.25) is 0 Å². The third-order valence-corrected chi connectivity index (χ3v) is 4.21. The summed E-state index contributed by atoms with van der Waals surface area (Å²) in [6.07, 6.45) is 0. The molecular formula is C14H14BrNO4S. The largest absolute Gasteiger partial charge is 0.496 e. The van der Waals surface area contributed by atoms with Crippen LogP contribution in [0.4, 0.5) is 0 Å². The standard InChI is InChI=1S/C14H14BrNO4S/c1-19-14-7-2-11(15)8-10(14)9-20-12-3-5-13(6-4-12)21(16,17)18/h2-8H,9H2,1H3,(H2,16,17,18). The van der Waals surface area contributed by atoms with Crippen molar-refractivity contribution < 1.29 is 17.9 Å². The summed E-state index contributed by atoms with van der Waals surface area (Å²) in [6.45, 7) is 0.303. The van der Waals surface area contributed by atoms with Crippen LogP contribution < -0.4 is 14.6 Å². The molecule has 0 amide bonds. The van der Waals surface area contributed by atoms with Gasteiger partial charge in [-0.15, -0.1) is 0 Å². The molecule has 0 aliphatic heterocycles. The molecule has 0 bridgehead atoms. The fourth-order valence-corrected chi connectivity index (χ4v) is 2.67. The number of benzene rings is 2. The van der Waals surface area contributed by atoms with E-state index in [1.807, 2.05) is 18.2 Å². The average Bonchev–Trinajstić information content (AvgIpc) is 2.45. The summed E-state index contributed by atoms with van der Waals surface area (Å²) in [6, 6.07) is 11.5. The molecule has 0 saturated carbocycles. The van der Waals surface area contributed by atoms with Gasteiger partial charge in [0.1, 0.15) is 18.1 Å². The summed E-state index contributed by atoms with van der Waals surface area (Å²) >= 11 is 3.39. The molecule has 0 fully saturated rings. The van der Waals surface area contributed by atoms with Crippen molar-refractivity contribution in [2.24, 2.45) is 5.14 Å². The maximum Gasteiger partial charge on any atom is 0.238 e. The highest BCUT2D eigenvalue weighted by atomic mass is 79.9. The number of halogens is 1. The van der Waals surface area contributed by atoms with E-state index in [9.17, 15) is 8.42 Å². The van der Waals surface area contributed by atoms with E-state index in [0.29, 0.717) is 12.4 Å². The summed E-state index contributed by atoms with van der Waals surface area (Å²) < 4.78 is 34.1. The van der Waals surface area contributed by atoms with Gasteiger partial charge in [-0.25, -0.2) is 13.6 Å². The average molecular weight is 372 g/mol. The van der Waals surface area contributed by atoms with Crippen molar-refractivity contribution in [1.82, 2.24) is 0 Å². The highest BCUT2D eigenvalue weighted by Crippen LogP contribution is 2.25. The minimum atomic E-state index is -3.68. The van der Waals surface area contributed by atoms with Gasteiger partial charge < -0.3 is 9.47 Å². The van der Waals surface area contributed by atoms with Crippen LogP contribution in [0, 0.1) is 0 Å². The molecule has 0 aromatic heterocycles. The molecule has 2 aromatic rings. The Balaban J connectivity index is 2.12. The molecule has 0 heterocycles. The molecule has 0 aliphatic carbocycles. The Kier molecular flexibility index (Phi) is 4.87. The van der Waals surface area contributed by atoms with Crippen LogP contribution in [0.2, 0.25) is 0 Å². The van der Waals surface area contributed by atoms with Crippen molar-refractivity contribution in [3.63, 3.8) is 0 Å². The summed E-state index contributed by atoms with van der Waals surface area (Å²) in [7, 11) is -2.09. The zero-order valence-electron chi connectivity index (χ0n) is 11.2. The summed E-state index contributed by atoms with van der Waals surface area (Å²) in [5.74, 6) is 1.27. The lowest BCUT2D eigenvalue weighted by atomic mass is 10.2. The molecule has 0 radical (unpaired) electrons. The van der Waals surface area contributed by atoms with Crippen molar-refractivity contribution in [1.29, 1.82) is 0 Å². The lowest BCUT2D eigenvalue weighted by Crippen LogP contribution is -2.11. The van der Waals surface area contributed by atoms with Crippen LogP contribution in [0.15, 0.2) is 51.8 Å². The second-order valence-electron chi connectivity index (χ2n) is 4.26. The van der Waals surface area contributed by atoms with Gasteiger partial charge in [-0.2, -0.15) is 0 Å². The third kappa shape index (κ3) is 4.20. The molecule has 0 aliphatic rings. The fraction of sp³-hybridized carbons (Fsp3) is 0.143. The number of sulfonamides is 1. The van der Waals surface area contributed by atoms with E-state index in [0.717, 1.165) is 15.8 Å². The summed E-state index contributed by atoms with van der Waals surface area (Å²) in [4.78, 5) is 0.0508. The Hall–Kier alpha value is -1.57. The Morgan fingerprint density at radius 3 is 2.38 bits per heavy atom. The third-order valence-electron chi connectivity index (χ3n) is 2.79. The molecular weight excluding hydrogens is 358 g/mol. The molecule has 2 aromatic carbocycles. The Bertz CT molecular complexity index is 729. The number of hydrogen-bond donors (Lipinski definition) is 1. The number of nitrogens with two attached hydrogens (primary N) is 1. The van der Waals surface area contributed by atoms with E-state index in [1.54, 1.807) is 19.2 Å². The molecule has 0 unspecified atom stereocenters. The van der Waals surface area contributed by atoms with Crippen LogP contribution in [0.5, 0.6) is 11.5 Å². The molecule has 0 atom stereocenters. The quantitative estimate of drug-likeness (QED) is 0.875. The molecule has 0 spiro atoms. The van der Waals surface area contributed by atoms with E-state index in [4.69, 9.17) is 14.6 Å². The first-order valence-electron chi connectivity index (χ1n) is 5.98. The van der Waals surface area contributed by atoms with Gasteiger partial charge in [-0.05, 0) is 42.5 Å². The highest BCUT2D eigenvalue weighted by molar-refractivity contribution is 9.10. The Morgan fingerprint density at radius 1 is 1.14 bits per heavy atom. The van der Waals surface area contributed by atoms with Crippen LogP contribution in [0.1, 0.15) is 5.56 Å². The lowest BCUT2D eigenvalue weighted by Gasteiger charge is -2.11. The van der Waals surface area contributed by atoms with Gasteiger partial charge in [0.05, 0.1) is 12.0 Å². The van der Waals surface area contributed by atoms with E-state index in [-0.39, 0.29) is 4.90 Å². The summed E-state index contributed by atoms with van der Waals surface area (Å²) in [5, 5.41) is 5.04. The van der Waals surface area contributed by atoms with Gasteiger partial charge in [0, 0.05) is 10.0 Å². The van der Waals surface area contributed by atoms with Crippen LogP contribution in [0.25, 0.3) is 0 Å². The monoisotopic (exact) mass is 371 g/mol. The highest BCUT2D eigenvalue weighted by Gasteiger charge is 2.08. The minimum absolute atomic E-state index is 0.0508. The van der Waals surface area contributed by atoms with Crippen molar-refractivity contribution in [2.45, 2.75) is 11.5 Å². The van der Waals surface area contributed by atoms with E-state index in [2.05, 4.69) is 15.9 Å². The van der Waals surface area contributed by atoms with Gasteiger partial charge >= 0.3 is 0 Å². The van der Waals surface area contributed by atoms with Crippen molar-refractivity contribution >= 4 is 26.0 Å². The lowest BCUT2D eigenvalue weighted by molar-refractivity contribution is 0.296. The Labute approximate surface area is 131 Å². The second kappa shape index (κ2) is 6.46. The normalized spacial score (nSPS) is 11.2. The fourth-order valence-electron chi connectivity index (χ4n) is 1.75. The first kappa shape index (κ1) is 15.8. The maximum absolute atomic E-state index is 11.2. The molecule has 2 N–H and O–H groups in total. The van der Waals surface area contributed by atoms with Crippen LogP contribution in [0.3, 0.4) is 0 Å². The van der Waals surface area contributed by atoms with Crippen molar-refractivity contribution in [3.8, 4) is 11.5 Å². The van der Waals surface area contributed by atoms with Crippen LogP contribution in [-0.4, -0.2) is 15.5 Å². The van der Waals surface area contributed by atoms with Crippen LogP contribution in [-0.2, 0) is 16.6 Å². The molecule has 7 heteroatoms. The Morgan fingerprint density at radius 2 is 1.81 bits per heavy atom. The smallest absolute Gasteiger partial charge is 0.238 e. The summed E-state index contributed by atoms with van der Waals surface area (Å²) in [5.41, 5.74) is 0.877. The van der Waals surface area contributed by atoms with Gasteiger partial charge in [0.15, 0.2) is 0 Å². The number of ether oxygens (including phenoxy) is 2. The van der Waals surface area contributed by atoms with E-state index in [1.165, 1.54) is 12.1 Å². The van der Waals surface area contributed by atoms with E-state index < -0.39 is 10.0 Å². The van der Waals surface area contributed by atoms with E-state index >= 15 is 0 Å². The minimum Gasteiger partial charge on any atom is -0.496 e. The van der Waals surface area contributed by atoms with Crippen molar-refractivity contribution in [3.05, 3.63) is 52.5 Å². The first-order chi connectivity index (χ1) is 9.90. The topological polar surface area (TPSA) is 78.6 Å². The zero-order chi connectivity index (χ0) is 15.5. The van der Waals surface area contributed by atoms with Crippen LogP contribution >= 0.6 is 15.9 Å². The zero-order valence-corrected chi connectivity index (χ0v) is 13.6. The predicted molar refractivity (Wildman–Crippen MR) is 82.8 cm³/mol. The van der Waals surface area contributed by atoms with Gasteiger partial charge in [-0.1, -0.05) is 15.9 Å². The second-order valence-corrected chi connectivity index (χ2v) is 6.74.